The van der Waals surface area contributed by atoms with Crippen molar-refractivity contribution in [1.82, 2.24) is 5.32 Å². The quantitative estimate of drug-likeness (QED) is 0.572. The summed E-state index contributed by atoms with van der Waals surface area (Å²) in [5.41, 5.74) is 14.5. The highest BCUT2D eigenvalue weighted by Crippen LogP contribution is 2.34. The molecule has 0 bridgehead atoms. The lowest BCUT2D eigenvalue weighted by Crippen LogP contribution is -2.42. The Morgan fingerprint density at radius 3 is 2.53 bits per heavy atom. The van der Waals surface area contributed by atoms with Crippen molar-refractivity contribution in [2.45, 2.75) is 44.9 Å². The number of nitrogens with zero attached hydrogens (tertiary/aromatic N) is 1. The van der Waals surface area contributed by atoms with Crippen molar-refractivity contribution in [2.24, 2.45) is 16.5 Å². The molecular formula is C21H27Cl3N4O2. The standard InChI is InChI=1S/C21H25ClN4O2.2ClH/c1-3-4-16(26-21(27)13-5-8-15(22)9-6-13)19(23)14-7-10-18-17(11-14)25-20(24)12(2)28-18;;/h5-12,16,19H,3-4,23H2,1-2H3,(H2,24,25)(H,26,27);2*1H. The molecule has 0 radical (unpaired) electrons. The Hall–Kier alpha value is -1.99. The summed E-state index contributed by atoms with van der Waals surface area (Å²) in [6.07, 6.45) is 1.38. The number of fused-ring (bicyclic) bond motifs is 1. The van der Waals surface area contributed by atoms with E-state index in [-0.39, 0.29) is 42.9 Å². The predicted molar refractivity (Wildman–Crippen MR) is 127 cm³/mol. The number of nitrogens with one attached hydrogen (secondary N) is 1. The van der Waals surface area contributed by atoms with Crippen LogP contribution in [0.5, 0.6) is 5.75 Å². The molecule has 3 unspecified atom stereocenters. The van der Waals surface area contributed by atoms with Crippen LogP contribution in [0.25, 0.3) is 0 Å². The first-order valence-corrected chi connectivity index (χ1v) is 9.73. The van der Waals surface area contributed by atoms with Gasteiger partial charge in [-0.3, -0.25) is 4.79 Å². The van der Waals surface area contributed by atoms with E-state index in [4.69, 9.17) is 27.8 Å². The molecule has 2 aromatic carbocycles. The molecule has 1 aliphatic heterocycles. The fourth-order valence-electron chi connectivity index (χ4n) is 3.15. The smallest absolute Gasteiger partial charge is 0.251 e. The van der Waals surface area contributed by atoms with Crippen molar-refractivity contribution < 1.29 is 9.53 Å². The average molecular weight is 474 g/mol. The van der Waals surface area contributed by atoms with Crippen molar-refractivity contribution in [3.05, 3.63) is 58.6 Å². The van der Waals surface area contributed by atoms with Crippen LogP contribution in [0.2, 0.25) is 5.02 Å². The summed E-state index contributed by atoms with van der Waals surface area (Å²) in [7, 11) is 0. The van der Waals surface area contributed by atoms with Gasteiger partial charge in [0, 0.05) is 16.6 Å². The van der Waals surface area contributed by atoms with E-state index in [9.17, 15) is 4.79 Å². The molecule has 0 saturated heterocycles. The van der Waals surface area contributed by atoms with Gasteiger partial charge in [-0.25, -0.2) is 4.99 Å². The Morgan fingerprint density at radius 2 is 1.90 bits per heavy atom. The first-order valence-electron chi connectivity index (χ1n) is 9.35. The summed E-state index contributed by atoms with van der Waals surface area (Å²) in [5.74, 6) is 0.928. The molecule has 9 heteroatoms. The van der Waals surface area contributed by atoms with E-state index in [0.29, 0.717) is 27.9 Å². The van der Waals surface area contributed by atoms with Gasteiger partial charge in [-0.05, 0) is 55.3 Å². The van der Waals surface area contributed by atoms with Gasteiger partial charge in [0.05, 0.1) is 6.04 Å². The van der Waals surface area contributed by atoms with Crippen LogP contribution < -0.4 is 21.5 Å². The maximum atomic E-state index is 12.6. The number of carbonyl (C=O) groups excluding carboxylic acids is 1. The second-order valence-corrected chi connectivity index (χ2v) is 7.36. The SMILES string of the molecule is CCCC(NC(=O)c1ccc(Cl)cc1)C(N)c1ccc2c(c1)N=C(N)C(C)O2.Cl.Cl. The van der Waals surface area contributed by atoms with Crippen LogP contribution in [0.4, 0.5) is 5.69 Å². The van der Waals surface area contributed by atoms with Gasteiger partial charge in [0.15, 0.2) is 6.10 Å². The number of carbonyl (C=O) groups is 1. The Labute approximate surface area is 194 Å². The molecule has 2 aromatic rings. The Bertz CT molecular complexity index is 890. The van der Waals surface area contributed by atoms with Gasteiger partial charge in [-0.15, -0.1) is 24.8 Å². The molecule has 0 aromatic heterocycles. The first-order chi connectivity index (χ1) is 13.4. The number of halogens is 3. The minimum absolute atomic E-state index is 0. The van der Waals surface area contributed by atoms with Gasteiger partial charge < -0.3 is 21.5 Å². The van der Waals surface area contributed by atoms with Crippen molar-refractivity contribution in [2.75, 3.05) is 0 Å². The Kier molecular flexibility index (Phi) is 9.91. The largest absolute Gasteiger partial charge is 0.481 e. The monoisotopic (exact) mass is 472 g/mol. The second kappa shape index (κ2) is 11.4. The van der Waals surface area contributed by atoms with E-state index in [0.717, 1.165) is 18.4 Å². The molecule has 3 rings (SSSR count). The van der Waals surface area contributed by atoms with E-state index in [2.05, 4.69) is 17.2 Å². The van der Waals surface area contributed by atoms with Crippen molar-refractivity contribution >= 4 is 53.8 Å². The molecule has 1 heterocycles. The number of benzene rings is 2. The molecule has 1 amide bonds. The maximum absolute atomic E-state index is 12.6. The fraction of sp³-hybridized carbons (Fsp3) is 0.333. The van der Waals surface area contributed by atoms with Gasteiger partial charge in [0.25, 0.3) is 5.91 Å². The lowest BCUT2D eigenvalue weighted by atomic mass is 9.95. The van der Waals surface area contributed by atoms with Crippen LogP contribution in [0.1, 0.15) is 48.7 Å². The van der Waals surface area contributed by atoms with Crippen LogP contribution in [0, 0.1) is 0 Å². The lowest BCUT2D eigenvalue weighted by Gasteiger charge is -2.27. The highest BCUT2D eigenvalue weighted by atomic mass is 35.5. The molecule has 0 saturated carbocycles. The third-order valence-corrected chi connectivity index (χ3v) is 5.05. The summed E-state index contributed by atoms with van der Waals surface area (Å²) >= 11 is 5.90. The van der Waals surface area contributed by atoms with Gasteiger partial charge in [0.1, 0.15) is 17.3 Å². The van der Waals surface area contributed by atoms with E-state index < -0.39 is 6.04 Å². The van der Waals surface area contributed by atoms with Crippen LogP contribution in [0.3, 0.4) is 0 Å². The number of ether oxygens (including phenoxy) is 1. The zero-order valence-electron chi connectivity index (χ0n) is 16.8. The molecule has 0 fully saturated rings. The number of aliphatic imine (C=N–C) groups is 1. The summed E-state index contributed by atoms with van der Waals surface area (Å²) in [4.78, 5) is 17.0. The number of amidine groups is 1. The highest BCUT2D eigenvalue weighted by molar-refractivity contribution is 6.30. The zero-order chi connectivity index (χ0) is 20.3. The highest BCUT2D eigenvalue weighted by Gasteiger charge is 2.24. The number of nitrogens with two attached hydrogens (primary N) is 2. The average Bonchev–Trinajstić information content (AvgIpc) is 2.68. The normalized spacial score (nSPS) is 16.5. The third kappa shape index (κ3) is 6.01. The summed E-state index contributed by atoms with van der Waals surface area (Å²) < 4.78 is 5.74. The summed E-state index contributed by atoms with van der Waals surface area (Å²) in [6.45, 7) is 3.91. The van der Waals surface area contributed by atoms with Crippen LogP contribution in [0.15, 0.2) is 47.5 Å². The molecule has 5 N–H and O–H groups in total. The van der Waals surface area contributed by atoms with Crippen molar-refractivity contribution in [1.29, 1.82) is 0 Å². The van der Waals surface area contributed by atoms with Gasteiger partial charge in [-0.1, -0.05) is 31.0 Å². The van der Waals surface area contributed by atoms with Crippen molar-refractivity contribution in [3.8, 4) is 5.75 Å². The molecule has 6 nitrogen and oxygen atoms in total. The number of amides is 1. The van der Waals surface area contributed by atoms with E-state index >= 15 is 0 Å². The molecule has 1 aliphatic rings. The Balaban J connectivity index is 0.00000225. The summed E-state index contributed by atoms with van der Waals surface area (Å²) in [5, 5.41) is 3.64. The zero-order valence-corrected chi connectivity index (χ0v) is 19.2. The van der Waals surface area contributed by atoms with Crippen LogP contribution >= 0.6 is 36.4 Å². The minimum Gasteiger partial charge on any atom is -0.481 e. The maximum Gasteiger partial charge on any atom is 0.251 e. The Morgan fingerprint density at radius 1 is 1.23 bits per heavy atom. The third-order valence-electron chi connectivity index (χ3n) is 4.79. The van der Waals surface area contributed by atoms with Gasteiger partial charge in [0.2, 0.25) is 0 Å². The lowest BCUT2D eigenvalue weighted by molar-refractivity contribution is 0.0928. The van der Waals surface area contributed by atoms with Gasteiger partial charge in [-0.2, -0.15) is 0 Å². The number of rotatable bonds is 6. The molecule has 0 spiro atoms. The van der Waals surface area contributed by atoms with E-state index in [1.807, 2.05) is 25.1 Å². The fourth-order valence-corrected chi connectivity index (χ4v) is 3.27. The van der Waals surface area contributed by atoms with E-state index in [1.54, 1.807) is 24.3 Å². The molecule has 0 aliphatic carbocycles. The molecule has 3 atom stereocenters. The summed E-state index contributed by atoms with van der Waals surface area (Å²) in [6, 6.07) is 11.8. The van der Waals surface area contributed by atoms with Gasteiger partial charge >= 0.3 is 0 Å². The number of hydrogen-bond acceptors (Lipinski definition) is 5. The topological polar surface area (TPSA) is 103 Å². The predicted octanol–water partition coefficient (Wildman–Crippen LogP) is 4.55. The van der Waals surface area contributed by atoms with Crippen molar-refractivity contribution in [3.63, 3.8) is 0 Å². The minimum atomic E-state index is -0.391. The number of hydrogen-bond donors (Lipinski definition) is 3. The molecule has 164 valence electrons. The second-order valence-electron chi connectivity index (χ2n) is 6.93. The molecular weight excluding hydrogens is 447 g/mol. The first kappa shape index (κ1) is 26.0. The van der Waals surface area contributed by atoms with E-state index in [1.165, 1.54) is 0 Å². The van der Waals surface area contributed by atoms with Crippen LogP contribution in [-0.4, -0.2) is 23.9 Å². The van der Waals surface area contributed by atoms with Crippen LogP contribution in [-0.2, 0) is 0 Å². The molecule has 30 heavy (non-hydrogen) atoms.